The maximum atomic E-state index is 4.26. The molecule has 1 aliphatic heterocycles. The van der Waals surface area contributed by atoms with Crippen molar-refractivity contribution in [3.63, 3.8) is 0 Å². The van der Waals surface area contributed by atoms with Crippen LogP contribution in [0.5, 0.6) is 0 Å². The summed E-state index contributed by atoms with van der Waals surface area (Å²) >= 11 is 1.73. The van der Waals surface area contributed by atoms with Crippen LogP contribution in [0.1, 0.15) is 21.5 Å². The molecule has 0 spiro atoms. The van der Waals surface area contributed by atoms with E-state index in [9.17, 15) is 0 Å². The quantitative estimate of drug-likeness (QED) is 0.834. The monoisotopic (exact) mass is 235 g/mol. The van der Waals surface area contributed by atoms with Crippen molar-refractivity contribution in [2.45, 2.75) is 26.4 Å². The van der Waals surface area contributed by atoms with E-state index in [-0.39, 0.29) is 0 Å². The van der Waals surface area contributed by atoms with Gasteiger partial charge < -0.3 is 9.88 Å². The number of fused-ring (bicyclic) bond motifs is 1. The van der Waals surface area contributed by atoms with Gasteiger partial charge in [0.1, 0.15) is 11.6 Å². The van der Waals surface area contributed by atoms with Crippen LogP contribution in [0.4, 0.5) is 0 Å². The summed E-state index contributed by atoms with van der Waals surface area (Å²) in [7, 11) is 0. The Morgan fingerprint density at radius 2 is 2.44 bits per heavy atom. The Morgan fingerprint density at radius 3 is 3.25 bits per heavy atom. The standard InChI is InChI=1S/C10H13N5S/c1-7-12-5-8(16-7)4-9-13-14-10-6-11-2-3-15(9)10/h5,11H,2-4,6H2,1H3. The highest BCUT2D eigenvalue weighted by Crippen LogP contribution is 2.16. The van der Waals surface area contributed by atoms with Crippen molar-refractivity contribution in [1.29, 1.82) is 0 Å². The molecule has 0 aliphatic carbocycles. The van der Waals surface area contributed by atoms with E-state index in [4.69, 9.17) is 0 Å². The summed E-state index contributed by atoms with van der Waals surface area (Å²) in [5.41, 5.74) is 0. The van der Waals surface area contributed by atoms with Gasteiger partial charge in [-0.3, -0.25) is 0 Å². The van der Waals surface area contributed by atoms with Crippen molar-refractivity contribution < 1.29 is 0 Å². The molecule has 0 aromatic carbocycles. The molecule has 0 radical (unpaired) electrons. The lowest BCUT2D eigenvalue weighted by Crippen LogP contribution is -2.29. The van der Waals surface area contributed by atoms with Crippen molar-refractivity contribution >= 4 is 11.3 Å². The fourth-order valence-corrected chi connectivity index (χ4v) is 2.72. The average molecular weight is 235 g/mol. The number of aromatic nitrogens is 4. The first-order valence-corrected chi connectivity index (χ1v) is 6.17. The Balaban J connectivity index is 1.87. The summed E-state index contributed by atoms with van der Waals surface area (Å²) < 4.78 is 2.21. The predicted octanol–water partition coefficient (Wildman–Crippen LogP) is 0.737. The molecule has 0 atom stereocenters. The average Bonchev–Trinajstić information content (AvgIpc) is 2.87. The van der Waals surface area contributed by atoms with Crippen molar-refractivity contribution in [2.75, 3.05) is 6.54 Å². The Labute approximate surface area is 97.5 Å². The summed E-state index contributed by atoms with van der Waals surface area (Å²) in [6, 6.07) is 0. The Kier molecular flexibility index (Phi) is 2.45. The van der Waals surface area contributed by atoms with Crippen LogP contribution >= 0.6 is 11.3 Å². The lowest BCUT2D eigenvalue weighted by atomic mass is 10.3. The summed E-state index contributed by atoms with van der Waals surface area (Å²) in [4.78, 5) is 5.51. The second-order valence-corrected chi connectivity index (χ2v) is 5.20. The number of hydrogen-bond donors (Lipinski definition) is 1. The fourth-order valence-electron chi connectivity index (χ4n) is 1.93. The molecule has 0 unspecified atom stereocenters. The Bertz CT molecular complexity index is 501. The number of thiazole rings is 1. The Hall–Kier alpha value is -1.27. The lowest BCUT2D eigenvalue weighted by Gasteiger charge is -2.15. The molecule has 3 heterocycles. The number of hydrogen-bond acceptors (Lipinski definition) is 5. The molecule has 1 N–H and O–H groups in total. The van der Waals surface area contributed by atoms with Crippen LogP contribution in [-0.2, 0) is 19.5 Å². The third kappa shape index (κ3) is 1.74. The molecular weight excluding hydrogens is 222 g/mol. The van der Waals surface area contributed by atoms with E-state index in [0.717, 1.165) is 42.7 Å². The molecule has 5 nitrogen and oxygen atoms in total. The number of rotatable bonds is 2. The van der Waals surface area contributed by atoms with Gasteiger partial charge in [0.25, 0.3) is 0 Å². The molecule has 3 rings (SSSR count). The smallest absolute Gasteiger partial charge is 0.147 e. The van der Waals surface area contributed by atoms with Gasteiger partial charge in [-0.05, 0) is 6.92 Å². The summed E-state index contributed by atoms with van der Waals surface area (Å²) in [6.45, 7) is 4.82. The van der Waals surface area contributed by atoms with E-state index in [2.05, 4.69) is 25.1 Å². The topological polar surface area (TPSA) is 55.6 Å². The third-order valence-electron chi connectivity index (χ3n) is 2.70. The lowest BCUT2D eigenvalue weighted by molar-refractivity contribution is 0.496. The van der Waals surface area contributed by atoms with Gasteiger partial charge in [0.2, 0.25) is 0 Å². The highest BCUT2D eigenvalue weighted by molar-refractivity contribution is 7.11. The van der Waals surface area contributed by atoms with E-state index in [1.54, 1.807) is 11.3 Å². The number of nitrogens with zero attached hydrogens (tertiary/aromatic N) is 4. The molecule has 0 bridgehead atoms. The predicted molar refractivity (Wildman–Crippen MR) is 61.4 cm³/mol. The second kappa shape index (κ2) is 3.95. The van der Waals surface area contributed by atoms with Gasteiger partial charge in [0.15, 0.2) is 0 Å². The van der Waals surface area contributed by atoms with Crippen LogP contribution in [-0.4, -0.2) is 26.3 Å². The van der Waals surface area contributed by atoms with Gasteiger partial charge in [-0.1, -0.05) is 0 Å². The molecule has 1 aliphatic rings. The van der Waals surface area contributed by atoms with Gasteiger partial charge in [-0.2, -0.15) is 0 Å². The molecule has 2 aromatic rings. The number of aryl methyl sites for hydroxylation is 1. The van der Waals surface area contributed by atoms with Crippen molar-refractivity contribution in [1.82, 2.24) is 25.1 Å². The molecule has 84 valence electrons. The van der Waals surface area contributed by atoms with E-state index >= 15 is 0 Å². The highest BCUT2D eigenvalue weighted by Gasteiger charge is 2.15. The van der Waals surface area contributed by atoms with Gasteiger partial charge in [0, 0.05) is 30.6 Å². The SMILES string of the molecule is Cc1ncc(Cc2nnc3n2CCNC3)s1. The maximum Gasteiger partial charge on any atom is 0.147 e. The van der Waals surface area contributed by atoms with Crippen molar-refractivity contribution in [3.05, 3.63) is 27.7 Å². The molecule has 16 heavy (non-hydrogen) atoms. The van der Waals surface area contributed by atoms with Crippen LogP contribution in [0.15, 0.2) is 6.20 Å². The number of nitrogens with one attached hydrogen (secondary N) is 1. The zero-order valence-corrected chi connectivity index (χ0v) is 9.92. The Morgan fingerprint density at radius 1 is 1.50 bits per heavy atom. The first-order chi connectivity index (χ1) is 7.83. The minimum Gasteiger partial charge on any atom is -0.312 e. The molecule has 2 aromatic heterocycles. The van der Waals surface area contributed by atoms with Crippen molar-refractivity contribution in [2.24, 2.45) is 0 Å². The molecule has 0 saturated heterocycles. The molecule has 0 amide bonds. The van der Waals surface area contributed by atoms with Crippen molar-refractivity contribution in [3.8, 4) is 0 Å². The molecular formula is C10H13N5S. The molecule has 0 fully saturated rings. The van der Waals surface area contributed by atoms with Crippen LogP contribution in [0.2, 0.25) is 0 Å². The maximum absolute atomic E-state index is 4.26. The third-order valence-corrected chi connectivity index (χ3v) is 3.61. The van der Waals surface area contributed by atoms with Crippen LogP contribution in [0.25, 0.3) is 0 Å². The fraction of sp³-hybridized carbons (Fsp3) is 0.500. The summed E-state index contributed by atoms with van der Waals surface area (Å²) in [5.74, 6) is 2.10. The van der Waals surface area contributed by atoms with E-state index in [0.29, 0.717) is 0 Å². The largest absolute Gasteiger partial charge is 0.312 e. The van der Waals surface area contributed by atoms with Gasteiger partial charge in [-0.15, -0.1) is 21.5 Å². The summed E-state index contributed by atoms with van der Waals surface area (Å²) in [6.07, 6.45) is 2.78. The second-order valence-electron chi connectivity index (χ2n) is 3.88. The molecule has 6 heteroatoms. The first-order valence-electron chi connectivity index (χ1n) is 5.36. The minimum atomic E-state index is 0.828. The normalized spacial score (nSPS) is 15.1. The van der Waals surface area contributed by atoms with Crippen LogP contribution in [0, 0.1) is 6.92 Å². The van der Waals surface area contributed by atoms with Gasteiger partial charge >= 0.3 is 0 Å². The zero-order valence-electron chi connectivity index (χ0n) is 9.10. The van der Waals surface area contributed by atoms with Crippen LogP contribution < -0.4 is 5.32 Å². The summed E-state index contributed by atoms with van der Waals surface area (Å²) in [5, 5.41) is 12.8. The van der Waals surface area contributed by atoms with Crippen LogP contribution in [0.3, 0.4) is 0 Å². The van der Waals surface area contributed by atoms with Gasteiger partial charge in [0.05, 0.1) is 11.6 Å². The first kappa shape index (κ1) is 9.92. The van der Waals surface area contributed by atoms with E-state index < -0.39 is 0 Å². The van der Waals surface area contributed by atoms with Gasteiger partial charge in [-0.25, -0.2) is 4.98 Å². The zero-order chi connectivity index (χ0) is 11.0. The van der Waals surface area contributed by atoms with E-state index in [1.807, 2.05) is 13.1 Å². The van der Waals surface area contributed by atoms with E-state index in [1.165, 1.54) is 4.88 Å². The highest BCUT2D eigenvalue weighted by atomic mass is 32.1. The molecule has 0 saturated carbocycles. The minimum absolute atomic E-state index is 0.828.